The second kappa shape index (κ2) is 7.40. The molecule has 0 spiro atoms. The summed E-state index contributed by atoms with van der Waals surface area (Å²) in [5.41, 5.74) is 0. The first kappa shape index (κ1) is 17.9. The number of halogens is 3. The Balaban J connectivity index is 1.95. The number of hydrogen-bond donors (Lipinski definition) is 2. The van der Waals surface area contributed by atoms with Crippen molar-refractivity contribution in [3.05, 3.63) is 0 Å². The molecule has 1 aliphatic carbocycles. The van der Waals surface area contributed by atoms with Crippen LogP contribution in [0.3, 0.4) is 0 Å². The zero-order chi connectivity index (χ0) is 17.0. The van der Waals surface area contributed by atoms with Crippen molar-refractivity contribution in [2.24, 2.45) is 11.8 Å². The van der Waals surface area contributed by atoms with Gasteiger partial charge in [-0.15, -0.1) is 0 Å². The maximum atomic E-state index is 12.9. The van der Waals surface area contributed by atoms with Gasteiger partial charge in [0, 0.05) is 19.1 Å². The van der Waals surface area contributed by atoms with Gasteiger partial charge in [0.25, 0.3) is 0 Å². The maximum Gasteiger partial charge on any atom is 0.394 e. The van der Waals surface area contributed by atoms with E-state index in [1.54, 1.807) is 0 Å². The summed E-state index contributed by atoms with van der Waals surface area (Å²) in [7, 11) is 0. The van der Waals surface area contributed by atoms with Gasteiger partial charge in [0.15, 0.2) is 0 Å². The van der Waals surface area contributed by atoms with Crippen molar-refractivity contribution in [1.82, 2.24) is 10.2 Å². The third-order valence-electron chi connectivity index (χ3n) is 4.78. The maximum absolute atomic E-state index is 12.9. The minimum absolute atomic E-state index is 0.0315. The van der Waals surface area contributed by atoms with Crippen molar-refractivity contribution in [1.29, 1.82) is 0 Å². The molecule has 1 saturated heterocycles. The molecule has 2 rings (SSSR count). The minimum atomic E-state index is -4.61. The Hall–Kier alpha value is -1.47. The highest BCUT2D eigenvalue weighted by molar-refractivity contribution is 5.78. The highest BCUT2D eigenvalue weighted by Crippen LogP contribution is 2.37. The highest BCUT2D eigenvalue weighted by Gasteiger charge is 2.53. The number of amides is 2. The van der Waals surface area contributed by atoms with Crippen LogP contribution < -0.4 is 5.32 Å². The van der Waals surface area contributed by atoms with E-state index in [9.17, 15) is 22.8 Å². The van der Waals surface area contributed by atoms with Gasteiger partial charge in [-0.25, -0.2) is 4.79 Å². The molecule has 0 aromatic carbocycles. The van der Waals surface area contributed by atoms with Crippen molar-refractivity contribution in [2.45, 2.75) is 57.2 Å². The summed E-state index contributed by atoms with van der Waals surface area (Å²) in [6, 6.07) is -0.607. The molecule has 0 unspecified atom stereocenters. The molecule has 0 aromatic heterocycles. The Morgan fingerprint density at radius 2 is 1.57 bits per heavy atom. The fraction of sp³-hybridized carbons (Fsp3) is 0.867. The summed E-state index contributed by atoms with van der Waals surface area (Å²) in [4.78, 5) is 24.2. The first-order valence-corrected chi connectivity index (χ1v) is 8.14. The summed E-state index contributed by atoms with van der Waals surface area (Å²) in [6.07, 6.45) is 2.41. The first-order valence-electron chi connectivity index (χ1n) is 8.14. The quantitative estimate of drug-likeness (QED) is 0.814. The van der Waals surface area contributed by atoms with Gasteiger partial charge in [0.1, 0.15) is 0 Å². The van der Waals surface area contributed by atoms with Gasteiger partial charge >= 0.3 is 18.2 Å². The number of carboxylic acids is 1. The fourth-order valence-corrected chi connectivity index (χ4v) is 3.42. The van der Waals surface area contributed by atoms with Crippen molar-refractivity contribution in [2.75, 3.05) is 13.1 Å². The van der Waals surface area contributed by atoms with Gasteiger partial charge in [-0.1, -0.05) is 32.1 Å². The van der Waals surface area contributed by atoms with Crippen LogP contribution in [0.2, 0.25) is 0 Å². The van der Waals surface area contributed by atoms with Crippen LogP contribution in [0.15, 0.2) is 0 Å². The number of carbonyl (C=O) groups is 2. The average molecular weight is 336 g/mol. The normalized spacial score (nSPS) is 27.3. The molecular weight excluding hydrogens is 313 g/mol. The predicted molar refractivity (Wildman–Crippen MR) is 76.9 cm³/mol. The second-order valence-electron chi connectivity index (χ2n) is 6.49. The lowest BCUT2D eigenvalue weighted by Crippen LogP contribution is -2.44. The summed E-state index contributed by atoms with van der Waals surface area (Å²) in [6.45, 7) is -0.975. The number of nitrogens with one attached hydrogen (secondary N) is 1. The summed E-state index contributed by atoms with van der Waals surface area (Å²) in [5, 5.41) is 11.8. The SMILES string of the molecule is O=C(O)[C@@H]1CN(C(=O)NC2CCCCCCC2)C[C@H]1C(F)(F)F. The molecule has 2 fully saturated rings. The predicted octanol–water partition coefficient (Wildman–Crippen LogP) is 3.00. The molecule has 1 aliphatic heterocycles. The van der Waals surface area contributed by atoms with Gasteiger partial charge in [-0.2, -0.15) is 13.2 Å². The molecule has 2 amide bonds. The molecule has 23 heavy (non-hydrogen) atoms. The van der Waals surface area contributed by atoms with Crippen LogP contribution >= 0.6 is 0 Å². The summed E-state index contributed by atoms with van der Waals surface area (Å²) in [5.74, 6) is -5.09. The summed E-state index contributed by atoms with van der Waals surface area (Å²) < 4.78 is 38.8. The number of rotatable bonds is 2. The standard InChI is InChI=1S/C15H23F3N2O3/c16-15(17,18)12-9-20(8-11(12)13(21)22)14(23)19-10-6-4-2-1-3-5-7-10/h10-12H,1-9H2,(H,19,23)(H,21,22)/t11-,12-/m1/s1. The molecular formula is C15H23F3N2O3. The molecule has 0 bridgehead atoms. The number of hydrogen-bond acceptors (Lipinski definition) is 2. The number of nitrogens with zero attached hydrogens (tertiary/aromatic N) is 1. The highest BCUT2D eigenvalue weighted by atomic mass is 19.4. The van der Waals surface area contributed by atoms with Crippen LogP contribution in [0.4, 0.5) is 18.0 Å². The molecule has 1 heterocycles. The Morgan fingerprint density at radius 1 is 1.00 bits per heavy atom. The number of alkyl halides is 3. The van der Waals surface area contributed by atoms with E-state index >= 15 is 0 Å². The number of urea groups is 1. The Morgan fingerprint density at radius 3 is 2.04 bits per heavy atom. The van der Waals surface area contributed by atoms with Crippen LogP contribution in [0.5, 0.6) is 0 Å². The molecule has 0 aromatic rings. The van der Waals surface area contributed by atoms with E-state index in [2.05, 4.69) is 5.32 Å². The van der Waals surface area contributed by atoms with E-state index in [0.29, 0.717) is 0 Å². The third kappa shape index (κ3) is 4.75. The van der Waals surface area contributed by atoms with Crippen molar-refractivity contribution < 1.29 is 27.9 Å². The van der Waals surface area contributed by atoms with Gasteiger partial charge in [0.05, 0.1) is 11.8 Å². The fourth-order valence-electron chi connectivity index (χ4n) is 3.42. The lowest BCUT2D eigenvalue weighted by Gasteiger charge is -2.25. The van der Waals surface area contributed by atoms with Crippen LogP contribution in [0.25, 0.3) is 0 Å². The lowest BCUT2D eigenvalue weighted by atomic mass is 9.96. The zero-order valence-electron chi connectivity index (χ0n) is 12.9. The average Bonchev–Trinajstić information content (AvgIpc) is 2.87. The van der Waals surface area contributed by atoms with Crippen LogP contribution in [-0.4, -0.2) is 47.3 Å². The molecule has 8 heteroatoms. The topological polar surface area (TPSA) is 69.6 Å². The van der Waals surface area contributed by atoms with E-state index in [-0.39, 0.29) is 6.04 Å². The van der Waals surface area contributed by atoms with E-state index in [0.717, 1.165) is 43.4 Å². The minimum Gasteiger partial charge on any atom is -0.481 e. The van der Waals surface area contributed by atoms with Gasteiger partial charge in [-0.3, -0.25) is 4.79 Å². The van der Waals surface area contributed by atoms with E-state index in [4.69, 9.17) is 5.11 Å². The van der Waals surface area contributed by atoms with E-state index in [1.807, 2.05) is 0 Å². The molecule has 0 radical (unpaired) electrons. The molecule has 1 saturated carbocycles. The zero-order valence-corrected chi connectivity index (χ0v) is 12.9. The molecule has 132 valence electrons. The van der Waals surface area contributed by atoms with Gasteiger partial charge < -0.3 is 15.3 Å². The molecule has 5 nitrogen and oxygen atoms in total. The summed E-state index contributed by atoms with van der Waals surface area (Å²) >= 11 is 0. The van der Waals surface area contributed by atoms with Crippen LogP contribution in [0.1, 0.15) is 44.9 Å². The van der Waals surface area contributed by atoms with Crippen LogP contribution in [-0.2, 0) is 4.79 Å². The third-order valence-corrected chi connectivity index (χ3v) is 4.78. The number of carbonyl (C=O) groups excluding carboxylic acids is 1. The molecule has 2 atom stereocenters. The van der Waals surface area contributed by atoms with Gasteiger partial charge in [-0.05, 0) is 12.8 Å². The van der Waals surface area contributed by atoms with Crippen molar-refractivity contribution >= 4 is 12.0 Å². The molecule has 2 aliphatic rings. The Labute approximate surface area is 133 Å². The van der Waals surface area contributed by atoms with E-state index < -0.39 is 43.1 Å². The van der Waals surface area contributed by atoms with E-state index in [1.165, 1.54) is 6.42 Å². The Bertz CT molecular complexity index is 434. The lowest BCUT2D eigenvalue weighted by molar-refractivity contribution is -0.187. The van der Waals surface area contributed by atoms with Crippen molar-refractivity contribution in [3.63, 3.8) is 0 Å². The first-order chi connectivity index (χ1) is 10.8. The van der Waals surface area contributed by atoms with Crippen LogP contribution in [0, 0.1) is 11.8 Å². The smallest absolute Gasteiger partial charge is 0.394 e. The van der Waals surface area contributed by atoms with Crippen molar-refractivity contribution in [3.8, 4) is 0 Å². The molecule has 2 N–H and O–H groups in total. The largest absolute Gasteiger partial charge is 0.481 e. The Kier molecular flexibility index (Phi) is 5.75. The monoisotopic (exact) mass is 336 g/mol. The number of likely N-dealkylation sites (tertiary alicyclic amines) is 1. The second-order valence-corrected chi connectivity index (χ2v) is 6.49. The van der Waals surface area contributed by atoms with Gasteiger partial charge in [0.2, 0.25) is 0 Å². The number of aliphatic carboxylic acids is 1. The number of carboxylic acid groups (broad SMARTS) is 1.